The topological polar surface area (TPSA) is 170 Å². The highest BCUT2D eigenvalue weighted by atomic mass is 16.3. The fraction of sp³-hybridized carbons (Fsp3) is 0. The zero-order chi connectivity index (χ0) is 103. The summed E-state index contributed by atoms with van der Waals surface area (Å²) in [6.45, 7) is 0. The van der Waals surface area contributed by atoms with Crippen molar-refractivity contribution in [2.75, 3.05) is 0 Å². The summed E-state index contributed by atoms with van der Waals surface area (Å²) < 4.78 is 180. The lowest BCUT2D eigenvalue weighted by Crippen LogP contribution is -2.00. The van der Waals surface area contributed by atoms with Crippen LogP contribution in [0.3, 0.4) is 0 Å². The van der Waals surface area contributed by atoms with E-state index in [-0.39, 0.29) is 117 Å². The first kappa shape index (κ1) is 59.6. The van der Waals surface area contributed by atoms with E-state index in [4.69, 9.17) is 82.8 Å². The highest BCUT2D eigenvalue weighted by Crippen LogP contribution is 2.45. The van der Waals surface area contributed by atoms with Gasteiger partial charge in [0.25, 0.3) is 0 Å². The predicted molar refractivity (Wildman–Crippen MR) is 533 cm³/mol. The van der Waals surface area contributed by atoms with Gasteiger partial charge in [0.1, 0.15) is 33.5 Å². The molecule has 18 aromatic carbocycles. The Kier molecular flexibility index (Phi) is 14.5. The van der Waals surface area contributed by atoms with E-state index in [9.17, 15) is 0 Å². The largest absolute Gasteiger partial charge is 0.456 e. The SMILES string of the molecule is [2H]c1c([2H])c([2H])c2c(c1[2H])c1c([2H])c([2H])c([2H])c([2H])c1n2-c1cccc2oc3cc(-c4nc(-c5ccccc5)nc(-c5ccccc5)n4)ccc3c12.[2H]c1cc([2H])c2c(c1)c1cc([2H])cc([2H])c1n2-c1cccc2oc3cc(-c4nc(-c5ccccc5)nc(-c5ccccc5)n4)ccc3c12.[2H]c1cc([2H])c2c(c1[2H])c1c([2H])c([2H])cc([2H])c1n2-c1cccc2oc3cc(-c4nc(-c5ccccc5)nc(-c5ccccc5)n4)ccc3c12. The number of aromatic nitrogens is 12. The van der Waals surface area contributed by atoms with Crippen molar-refractivity contribution in [2.24, 2.45) is 0 Å². The minimum absolute atomic E-state index is 0.0124. The number of nitrogens with zero attached hydrogens (tertiary/aromatic N) is 12. The predicted octanol–water partition coefficient (Wildman–Crippen LogP) is 29.6. The Hall–Kier alpha value is -18.2. The monoisotopic (exact) mass is 1710 g/mol. The van der Waals surface area contributed by atoms with E-state index in [1.807, 2.05) is 278 Å². The van der Waals surface area contributed by atoms with Crippen LogP contribution in [-0.4, -0.2) is 58.6 Å². The van der Waals surface area contributed by atoms with Crippen LogP contribution in [0, 0.1) is 0 Å². The summed E-state index contributed by atoms with van der Waals surface area (Å²) in [4.78, 5) is 43.5. The fourth-order valence-corrected chi connectivity index (χ4v) is 17.5. The van der Waals surface area contributed by atoms with Crippen LogP contribution in [0.15, 0.2) is 450 Å². The number of rotatable bonds is 12. The Labute approximate surface area is 779 Å². The molecule has 0 aliphatic carbocycles. The maximum Gasteiger partial charge on any atom is 0.164 e. The molecule has 0 aliphatic rings. The first-order valence-corrected chi connectivity index (χ1v) is 42.4. The minimum Gasteiger partial charge on any atom is -0.456 e. The van der Waals surface area contributed by atoms with Crippen LogP contribution in [0.5, 0.6) is 0 Å². The van der Waals surface area contributed by atoms with Gasteiger partial charge in [-0.3, -0.25) is 0 Å². The lowest BCUT2D eigenvalue weighted by Gasteiger charge is -2.10. The summed E-state index contributed by atoms with van der Waals surface area (Å²) in [5.41, 5.74) is 14.2. The average Bonchev–Trinajstić information content (AvgIpc) is 1.54. The summed E-state index contributed by atoms with van der Waals surface area (Å²) >= 11 is 0. The molecule has 0 radical (unpaired) electrons. The second-order valence-electron chi connectivity index (χ2n) is 31.2. The van der Waals surface area contributed by atoms with Crippen molar-refractivity contribution in [3.63, 3.8) is 0 Å². The van der Waals surface area contributed by atoms with Crippen molar-refractivity contribution in [1.29, 1.82) is 0 Å². The summed E-state index contributed by atoms with van der Waals surface area (Å²) in [5, 5.41) is 6.17. The highest BCUT2D eigenvalue weighted by Gasteiger charge is 2.26. The molecule has 27 aromatic rings. The number of fused-ring (bicyclic) bond motifs is 18. The molecule has 15 nitrogen and oxygen atoms in total. The summed E-state index contributed by atoms with van der Waals surface area (Å²) in [6.07, 6.45) is 0. The second-order valence-corrected chi connectivity index (χ2v) is 31.2. The molecule has 15 heteroatoms. The number of hydrogen-bond acceptors (Lipinski definition) is 12. The van der Waals surface area contributed by atoms with Crippen molar-refractivity contribution in [3.8, 4) is 120 Å². The molecule has 9 aromatic heterocycles. The van der Waals surface area contributed by atoms with Gasteiger partial charge in [0.15, 0.2) is 52.4 Å². The molecule has 0 unspecified atom stereocenters. The van der Waals surface area contributed by atoms with Crippen molar-refractivity contribution >= 4 is 131 Å². The third-order valence-electron chi connectivity index (χ3n) is 23.5. The van der Waals surface area contributed by atoms with Gasteiger partial charge in [0.2, 0.25) is 0 Å². The smallest absolute Gasteiger partial charge is 0.164 e. The van der Waals surface area contributed by atoms with Crippen LogP contribution in [0.25, 0.3) is 251 Å². The molecule has 9 heterocycles. The molecule has 0 saturated heterocycles. The molecular weight excluding hydrogens is 1620 g/mol. The van der Waals surface area contributed by atoms with E-state index in [0.717, 1.165) is 66.4 Å². The zero-order valence-corrected chi connectivity index (χ0v) is 69.3. The molecule has 132 heavy (non-hydrogen) atoms. The van der Waals surface area contributed by atoms with Crippen LogP contribution in [0.4, 0.5) is 0 Å². The normalized spacial score (nSPS) is 13.5. The van der Waals surface area contributed by atoms with Crippen molar-refractivity contribution in [2.45, 2.75) is 0 Å². The third kappa shape index (κ3) is 13.3. The van der Waals surface area contributed by atoms with Gasteiger partial charge in [-0.1, -0.05) is 327 Å². The Morgan fingerprint density at radius 2 is 0.402 bits per heavy atom. The Morgan fingerprint density at radius 3 is 0.682 bits per heavy atom. The summed E-state index contributed by atoms with van der Waals surface area (Å²) in [6, 6.07) is 97.9. The van der Waals surface area contributed by atoms with Gasteiger partial charge in [-0.2, -0.15) is 0 Å². The maximum absolute atomic E-state index is 8.94. The molecule has 0 bridgehead atoms. The molecule has 0 aliphatic heterocycles. The first-order chi connectivity index (χ1) is 72.8. The minimum atomic E-state index is -0.493. The van der Waals surface area contributed by atoms with Crippen molar-refractivity contribution in [1.82, 2.24) is 58.6 Å². The van der Waals surface area contributed by atoms with Gasteiger partial charge < -0.3 is 27.0 Å². The zero-order valence-electron chi connectivity index (χ0n) is 87.3. The maximum atomic E-state index is 8.94. The summed E-state index contributed by atoms with van der Waals surface area (Å²) in [5.74, 6) is 4.67. The molecule has 0 fully saturated rings. The van der Waals surface area contributed by atoms with Crippen molar-refractivity contribution < 1.29 is 37.9 Å². The van der Waals surface area contributed by atoms with E-state index >= 15 is 0 Å². The molecule has 0 spiro atoms. The molecule has 0 amide bonds. The number of para-hydroxylation sites is 6. The van der Waals surface area contributed by atoms with Crippen LogP contribution < -0.4 is 0 Å². The van der Waals surface area contributed by atoms with E-state index in [1.54, 1.807) is 34.9 Å². The molecule has 0 N–H and O–H groups in total. The van der Waals surface area contributed by atoms with Gasteiger partial charge in [-0.15, -0.1) is 0 Å². The lowest BCUT2D eigenvalue weighted by molar-refractivity contribution is 0.668. The second kappa shape index (κ2) is 32.0. The Bertz CT molecular complexity index is 9970. The van der Waals surface area contributed by atoms with Crippen LogP contribution >= 0.6 is 0 Å². The van der Waals surface area contributed by atoms with Gasteiger partial charge in [-0.05, 0) is 109 Å². The quantitative estimate of drug-likeness (QED) is 0.114. The van der Waals surface area contributed by atoms with E-state index < -0.39 is 24.2 Å². The Morgan fingerprint density at radius 1 is 0.167 bits per heavy atom. The standard InChI is InChI=1S/3C39H24N4O/c3*1-3-12-25(13-4-1)37-40-38(26-14-5-2-6-15-26)42-39(41-37)27-22-23-30-35(24-27)44-34-21-11-20-33(36(30)34)43-31-18-9-7-16-28(31)29-17-8-10-19-32(29)43/h3*1-24H/i7D,8D,9D,10D,16D,17D,18D,19D;7D,8D,16D,17D,18D,19D;7D,8D,18D,19D. The average molecular weight is 1710 g/mol. The van der Waals surface area contributed by atoms with E-state index in [2.05, 4.69) is 0 Å². The molecule has 618 valence electrons. The van der Waals surface area contributed by atoms with Crippen molar-refractivity contribution in [3.05, 3.63) is 436 Å². The van der Waals surface area contributed by atoms with Gasteiger partial charge in [0, 0.05) is 98.5 Å². The van der Waals surface area contributed by atoms with Gasteiger partial charge >= 0.3 is 0 Å². The summed E-state index contributed by atoms with van der Waals surface area (Å²) in [7, 11) is 0. The first-order valence-electron chi connectivity index (χ1n) is 51.4. The van der Waals surface area contributed by atoms with Crippen LogP contribution in [0.2, 0.25) is 0 Å². The fourth-order valence-electron chi connectivity index (χ4n) is 17.5. The highest BCUT2D eigenvalue weighted by molar-refractivity contribution is 6.18. The third-order valence-corrected chi connectivity index (χ3v) is 23.5. The van der Waals surface area contributed by atoms with Crippen LogP contribution in [0.1, 0.15) is 24.7 Å². The number of furan rings is 3. The van der Waals surface area contributed by atoms with Crippen LogP contribution in [-0.2, 0) is 0 Å². The lowest BCUT2D eigenvalue weighted by atomic mass is 10.1. The Balaban J connectivity index is 0.000000117. The number of benzene rings is 18. The molecule has 0 saturated carbocycles. The van der Waals surface area contributed by atoms with E-state index in [1.165, 1.54) is 28.8 Å². The molecule has 0 atom stereocenters. The van der Waals surface area contributed by atoms with Gasteiger partial charge in [-0.25, -0.2) is 44.9 Å². The van der Waals surface area contributed by atoms with Gasteiger partial charge in [0.05, 0.1) is 91.0 Å². The molecule has 27 rings (SSSR count). The van der Waals surface area contributed by atoms with E-state index in [0.29, 0.717) is 152 Å². The molecular formula is C117H72N12O3. The number of hydrogen-bond donors (Lipinski definition) is 0.